The van der Waals surface area contributed by atoms with Crippen LogP contribution in [0.3, 0.4) is 0 Å². The van der Waals surface area contributed by atoms with Gasteiger partial charge >= 0.3 is 0 Å². The van der Waals surface area contributed by atoms with Crippen molar-refractivity contribution in [2.24, 2.45) is 0 Å². The van der Waals surface area contributed by atoms with Crippen molar-refractivity contribution < 1.29 is 19.1 Å². The maximum Gasteiger partial charge on any atom is 0.250 e. The summed E-state index contributed by atoms with van der Waals surface area (Å²) in [7, 11) is 0. The summed E-state index contributed by atoms with van der Waals surface area (Å²) in [6.45, 7) is 2.76. The molecule has 2 aliphatic heterocycles. The SMILES string of the molecule is Cc1ccc(C2C(=O)N(C3CCCCCC3)CC(=O)N2Cc2ccc3c(c2)OCO3)cc1. The molecular weight excluding hydrogens is 404 g/mol. The number of hydrogen-bond donors (Lipinski definition) is 0. The molecule has 0 N–H and O–H groups in total. The molecule has 0 radical (unpaired) electrons. The molecule has 6 nitrogen and oxygen atoms in total. The van der Waals surface area contributed by atoms with Gasteiger partial charge in [0.2, 0.25) is 12.7 Å². The molecule has 1 atom stereocenters. The Bertz CT molecular complexity index is 995. The minimum atomic E-state index is -0.606. The third-order valence-electron chi connectivity index (χ3n) is 6.90. The molecule has 1 saturated heterocycles. The number of nitrogens with zero attached hydrogens (tertiary/aromatic N) is 2. The summed E-state index contributed by atoms with van der Waals surface area (Å²) >= 11 is 0. The lowest BCUT2D eigenvalue weighted by molar-refractivity contribution is -0.159. The number of carbonyl (C=O) groups excluding carboxylic acids is 2. The fraction of sp³-hybridized carbons (Fsp3) is 0.462. The Balaban J connectivity index is 1.46. The van der Waals surface area contributed by atoms with Gasteiger partial charge in [-0.05, 0) is 43.0 Å². The summed E-state index contributed by atoms with van der Waals surface area (Å²) in [6, 6.07) is 13.3. The predicted octanol–water partition coefficient (Wildman–Crippen LogP) is 4.36. The van der Waals surface area contributed by atoms with Gasteiger partial charge in [0.25, 0.3) is 5.91 Å². The highest BCUT2D eigenvalue weighted by Gasteiger charge is 2.42. The summed E-state index contributed by atoms with van der Waals surface area (Å²) < 4.78 is 10.9. The first-order chi connectivity index (χ1) is 15.6. The minimum Gasteiger partial charge on any atom is -0.454 e. The van der Waals surface area contributed by atoms with Crippen molar-refractivity contribution in [3.05, 3.63) is 59.2 Å². The van der Waals surface area contributed by atoms with Gasteiger partial charge in [0, 0.05) is 12.6 Å². The molecule has 32 heavy (non-hydrogen) atoms. The Morgan fingerprint density at radius 3 is 2.38 bits per heavy atom. The fourth-order valence-corrected chi connectivity index (χ4v) is 5.11. The van der Waals surface area contributed by atoms with Crippen LogP contribution in [-0.4, -0.2) is 41.0 Å². The zero-order chi connectivity index (χ0) is 22.1. The second kappa shape index (κ2) is 8.85. The van der Waals surface area contributed by atoms with Gasteiger partial charge in [-0.25, -0.2) is 0 Å². The first-order valence-electron chi connectivity index (χ1n) is 11.7. The molecule has 1 unspecified atom stereocenters. The van der Waals surface area contributed by atoms with E-state index in [0.717, 1.165) is 42.4 Å². The molecule has 1 saturated carbocycles. The van der Waals surface area contributed by atoms with Gasteiger partial charge < -0.3 is 19.3 Å². The van der Waals surface area contributed by atoms with E-state index in [4.69, 9.17) is 9.47 Å². The van der Waals surface area contributed by atoms with Gasteiger partial charge in [0.15, 0.2) is 11.5 Å². The van der Waals surface area contributed by atoms with Gasteiger partial charge in [-0.2, -0.15) is 0 Å². The molecule has 2 aromatic carbocycles. The normalized spacial score (nSPS) is 21.7. The molecule has 2 heterocycles. The van der Waals surface area contributed by atoms with E-state index in [1.54, 1.807) is 4.90 Å². The molecule has 2 fully saturated rings. The number of ether oxygens (including phenoxy) is 2. The molecule has 168 valence electrons. The largest absolute Gasteiger partial charge is 0.454 e. The van der Waals surface area contributed by atoms with E-state index in [-0.39, 0.29) is 31.2 Å². The standard InChI is InChI=1S/C26H30N2O4/c1-18-8-11-20(12-9-18)25-26(30)27(21-6-4-2-3-5-7-21)16-24(29)28(25)15-19-10-13-22-23(14-19)32-17-31-22/h8-14,21,25H,2-7,15-17H2,1H3. The van der Waals surface area contributed by atoms with Crippen molar-refractivity contribution in [1.29, 1.82) is 0 Å². The Morgan fingerprint density at radius 2 is 1.62 bits per heavy atom. The van der Waals surface area contributed by atoms with Gasteiger partial charge in [-0.3, -0.25) is 9.59 Å². The molecule has 0 spiro atoms. The highest BCUT2D eigenvalue weighted by molar-refractivity contribution is 5.95. The first-order valence-corrected chi connectivity index (χ1v) is 11.7. The maximum absolute atomic E-state index is 13.8. The molecule has 2 aromatic rings. The number of rotatable bonds is 4. The molecule has 5 rings (SSSR count). The molecule has 0 aromatic heterocycles. The molecule has 6 heteroatoms. The first kappa shape index (κ1) is 20.9. The summed E-state index contributed by atoms with van der Waals surface area (Å²) in [4.78, 5) is 30.9. The number of piperazine rings is 1. The van der Waals surface area contributed by atoms with Crippen molar-refractivity contribution in [2.45, 2.75) is 64.1 Å². The van der Waals surface area contributed by atoms with Gasteiger partial charge in [-0.15, -0.1) is 0 Å². The monoisotopic (exact) mass is 434 g/mol. The van der Waals surface area contributed by atoms with Crippen LogP contribution in [-0.2, 0) is 16.1 Å². The Hall–Kier alpha value is -3.02. The quantitative estimate of drug-likeness (QED) is 0.671. The smallest absolute Gasteiger partial charge is 0.250 e. The highest BCUT2D eigenvalue weighted by Crippen LogP contribution is 2.36. The van der Waals surface area contributed by atoms with E-state index in [9.17, 15) is 9.59 Å². The zero-order valence-electron chi connectivity index (χ0n) is 18.6. The minimum absolute atomic E-state index is 0.00270. The van der Waals surface area contributed by atoms with Gasteiger partial charge in [0.05, 0.1) is 0 Å². The van der Waals surface area contributed by atoms with E-state index in [0.29, 0.717) is 18.0 Å². The van der Waals surface area contributed by atoms with E-state index in [1.807, 2.05) is 54.3 Å². The summed E-state index contributed by atoms with van der Waals surface area (Å²) in [5.74, 6) is 1.44. The Labute approximate surface area is 189 Å². The molecule has 1 aliphatic carbocycles. The number of carbonyl (C=O) groups is 2. The van der Waals surface area contributed by atoms with Crippen LogP contribution in [0.1, 0.15) is 61.3 Å². The van der Waals surface area contributed by atoms with E-state index >= 15 is 0 Å². The van der Waals surface area contributed by atoms with Crippen LogP contribution in [0.4, 0.5) is 0 Å². The van der Waals surface area contributed by atoms with Crippen LogP contribution in [0, 0.1) is 6.92 Å². The van der Waals surface area contributed by atoms with Crippen molar-refractivity contribution in [1.82, 2.24) is 9.80 Å². The lowest BCUT2D eigenvalue weighted by Crippen LogP contribution is -2.57. The van der Waals surface area contributed by atoms with E-state index in [1.165, 1.54) is 12.8 Å². The van der Waals surface area contributed by atoms with Crippen LogP contribution < -0.4 is 9.47 Å². The lowest BCUT2D eigenvalue weighted by atomic mass is 9.96. The van der Waals surface area contributed by atoms with Crippen LogP contribution in [0.5, 0.6) is 11.5 Å². The second-order valence-electron chi connectivity index (χ2n) is 9.13. The van der Waals surface area contributed by atoms with Crippen molar-refractivity contribution in [3.8, 4) is 11.5 Å². The van der Waals surface area contributed by atoms with E-state index < -0.39 is 6.04 Å². The molecular formula is C26H30N2O4. The Morgan fingerprint density at radius 1 is 0.906 bits per heavy atom. The molecule has 3 aliphatic rings. The van der Waals surface area contributed by atoms with Crippen LogP contribution >= 0.6 is 0 Å². The van der Waals surface area contributed by atoms with Crippen molar-refractivity contribution in [3.63, 3.8) is 0 Å². The molecule has 0 bridgehead atoms. The zero-order valence-corrected chi connectivity index (χ0v) is 18.6. The van der Waals surface area contributed by atoms with E-state index in [2.05, 4.69) is 0 Å². The lowest BCUT2D eigenvalue weighted by Gasteiger charge is -2.43. The number of amides is 2. The predicted molar refractivity (Wildman–Crippen MR) is 120 cm³/mol. The van der Waals surface area contributed by atoms with Crippen molar-refractivity contribution in [2.75, 3.05) is 13.3 Å². The number of benzene rings is 2. The average molecular weight is 435 g/mol. The maximum atomic E-state index is 13.8. The van der Waals surface area contributed by atoms with Gasteiger partial charge in [-0.1, -0.05) is 61.6 Å². The van der Waals surface area contributed by atoms with Crippen molar-refractivity contribution >= 4 is 11.8 Å². The number of fused-ring (bicyclic) bond motifs is 1. The number of aryl methyl sites for hydroxylation is 1. The molecule has 2 amide bonds. The fourth-order valence-electron chi connectivity index (χ4n) is 5.11. The summed E-state index contributed by atoms with van der Waals surface area (Å²) in [6.07, 6.45) is 6.65. The Kier molecular flexibility index (Phi) is 5.77. The third kappa shape index (κ3) is 4.06. The summed E-state index contributed by atoms with van der Waals surface area (Å²) in [5.41, 5.74) is 2.93. The topological polar surface area (TPSA) is 59.1 Å². The van der Waals surface area contributed by atoms with Crippen LogP contribution in [0.15, 0.2) is 42.5 Å². The second-order valence-corrected chi connectivity index (χ2v) is 9.13. The third-order valence-corrected chi connectivity index (χ3v) is 6.90. The average Bonchev–Trinajstić information content (AvgIpc) is 3.09. The summed E-state index contributed by atoms with van der Waals surface area (Å²) in [5, 5.41) is 0. The van der Waals surface area contributed by atoms with Gasteiger partial charge in [0.1, 0.15) is 12.6 Å². The van der Waals surface area contributed by atoms with Crippen LogP contribution in [0.2, 0.25) is 0 Å². The van der Waals surface area contributed by atoms with Crippen LogP contribution in [0.25, 0.3) is 0 Å². The highest BCUT2D eigenvalue weighted by atomic mass is 16.7. The number of hydrogen-bond acceptors (Lipinski definition) is 4.